The zero-order valence-corrected chi connectivity index (χ0v) is 24.4. The highest BCUT2D eigenvalue weighted by atomic mass is 16.3. The van der Waals surface area contributed by atoms with E-state index in [1.54, 1.807) is 0 Å². The van der Waals surface area contributed by atoms with Crippen LogP contribution in [0.3, 0.4) is 0 Å². The van der Waals surface area contributed by atoms with Gasteiger partial charge in [-0.25, -0.2) is 15.0 Å². The number of nitrogens with zero attached hydrogens (tertiary/aromatic N) is 3. The number of aromatic nitrogens is 3. The van der Waals surface area contributed by atoms with Gasteiger partial charge in [0.2, 0.25) is 0 Å². The lowest BCUT2D eigenvalue weighted by Crippen LogP contribution is -2.01. The molecule has 0 atom stereocenters. The average Bonchev–Trinajstić information content (AvgIpc) is 3.50. The maximum absolute atomic E-state index is 6.51. The molecule has 0 fully saturated rings. The second-order valence-corrected chi connectivity index (χ2v) is 11.5. The van der Waals surface area contributed by atoms with Crippen LogP contribution in [0, 0.1) is 0 Å². The van der Waals surface area contributed by atoms with Crippen LogP contribution in [0.1, 0.15) is 23.3 Å². The summed E-state index contributed by atoms with van der Waals surface area (Å²) < 4.78 is 6.51. The summed E-state index contributed by atoms with van der Waals surface area (Å²) in [5.41, 5.74) is 7.39. The van der Waals surface area contributed by atoms with E-state index >= 15 is 0 Å². The molecule has 0 saturated heterocycles. The minimum absolute atomic E-state index is 0.633. The monoisotopic (exact) mass is 577 g/mol. The molecule has 0 aliphatic heterocycles. The summed E-state index contributed by atoms with van der Waals surface area (Å²) in [6.45, 7) is 0. The van der Waals surface area contributed by atoms with Gasteiger partial charge in [-0.15, -0.1) is 0 Å². The highest BCUT2D eigenvalue weighted by Gasteiger charge is 2.24. The number of hydrogen-bond acceptors (Lipinski definition) is 4. The predicted octanol–water partition coefficient (Wildman–Crippen LogP) is 10.4. The van der Waals surface area contributed by atoms with Gasteiger partial charge in [0.15, 0.2) is 17.5 Å². The van der Waals surface area contributed by atoms with E-state index in [-0.39, 0.29) is 0 Å². The van der Waals surface area contributed by atoms with Crippen LogP contribution >= 0.6 is 0 Å². The van der Waals surface area contributed by atoms with Gasteiger partial charge >= 0.3 is 0 Å². The van der Waals surface area contributed by atoms with Crippen molar-refractivity contribution in [2.75, 3.05) is 0 Å². The Balaban J connectivity index is 1.27. The Morgan fingerprint density at radius 2 is 1.11 bits per heavy atom. The Hall–Kier alpha value is -5.87. The fourth-order valence-corrected chi connectivity index (χ4v) is 6.70. The quantitative estimate of drug-likeness (QED) is 0.195. The molecular weight excluding hydrogens is 550 g/mol. The number of rotatable bonds is 4. The first-order chi connectivity index (χ1) is 22.3. The van der Waals surface area contributed by atoms with E-state index in [4.69, 9.17) is 19.4 Å². The van der Waals surface area contributed by atoms with Gasteiger partial charge in [0.05, 0.1) is 0 Å². The molecule has 0 amide bonds. The highest BCUT2D eigenvalue weighted by Crippen LogP contribution is 2.43. The third-order valence-corrected chi connectivity index (χ3v) is 8.82. The van der Waals surface area contributed by atoms with Gasteiger partial charge in [-0.1, -0.05) is 121 Å². The summed E-state index contributed by atoms with van der Waals surface area (Å²) in [5, 5.41) is 6.13. The van der Waals surface area contributed by atoms with E-state index in [0.717, 1.165) is 51.8 Å². The largest absolute Gasteiger partial charge is 0.460 e. The Morgan fingerprint density at radius 3 is 1.84 bits per heavy atom. The van der Waals surface area contributed by atoms with Gasteiger partial charge in [-0.05, 0) is 57.3 Å². The number of fused-ring (bicyclic) bond motifs is 6. The summed E-state index contributed by atoms with van der Waals surface area (Å²) >= 11 is 0. The zero-order valence-electron chi connectivity index (χ0n) is 24.4. The SMILES string of the molecule is C1=C(c2cc3ccccc3c3ccccc23)CCc2oc3cccc(-c4nc(-c5ccccc5)nc(-c5ccccc5)n4)c3c21. The minimum atomic E-state index is 0.633. The van der Waals surface area contributed by atoms with E-state index in [0.29, 0.717) is 17.5 Å². The summed E-state index contributed by atoms with van der Waals surface area (Å²) in [5.74, 6) is 2.93. The molecule has 1 aliphatic rings. The first-order valence-corrected chi connectivity index (χ1v) is 15.3. The highest BCUT2D eigenvalue weighted by molar-refractivity contribution is 6.14. The predicted molar refractivity (Wildman–Crippen MR) is 184 cm³/mol. The molecule has 1 aliphatic carbocycles. The molecule has 9 rings (SSSR count). The first-order valence-electron chi connectivity index (χ1n) is 15.3. The third-order valence-electron chi connectivity index (χ3n) is 8.82. The molecule has 4 heteroatoms. The third kappa shape index (κ3) is 4.34. The van der Waals surface area contributed by atoms with Gasteiger partial charge in [0.1, 0.15) is 11.3 Å². The van der Waals surface area contributed by atoms with Gasteiger partial charge < -0.3 is 4.42 Å². The molecule has 0 radical (unpaired) electrons. The Bertz CT molecular complexity index is 2370. The number of benzene rings is 6. The molecule has 0 bridgehead atoms. The van der Waals surface area contributed by atoms with Crippen molar-refractivity contribution in [3.8, 4) is 34.2 Å². The fourth-order valence-electron chi connectivity index (χ4n) is 6.70. The summed E-state index contributed by atoms with van der Waals surface area (Å²) in [7, 11) is 0. The Morgan fingerprint density at radius 1 is 0.489 bits per heavy atom. The number of allylic oxidation sites excluding steroid dienone is 1. The van der Waals surface area contributed by atoms with Crippen LogP contribution in [0.5, 0.6) is 0 Å². The van der Waals surface area contributed by atoms with Gasteiger partial charge in [0.25, 0.3) is 0 Å². The lowest BCUT2D eigenvalue weighted by Gasteiger charge is -2.17. The number of hydrogen-bond donors (Lipinski definition) is 0. The van der Waals surface area contributed by atoms with Crippen LogP contribution in [0.15, 0.2) is 138 Å². The second kappa shape index (κ2) is 10.4. The maximum Gasteiger partial charge on any atom is 0.164 e. The van der Waals surface area contributed by atoms with Crippen molar-refractivity contribution in [3.05, 3.63) is 150 Å². The molecule has 0 unspecified atom stereocenters. The normalized spacial score (nSPS) is 12.8. The molecule has 4 nitrogen and oxygen atoms in total. The van der Waals surface area contributed by atoms with Crippen LogP contribution in [0.25, 0.3) is 78.3 Å². The van der Waals surface area contributed by atoms with E-state index < -0.39 is 0 Å². The Kier molecular flexibility index (Phi) is 5.91. The molecule has 2 aromatic heterocycles. The number of furan rings is 1. The van der Waals surface area contributed by atoms with Crippen molar-refractivity contribution in [2.45, 2.75) is 12.8 Å². The van der Waals surface area contributed by atoms with Crippen LogP contribution in [0.2, 0.25) is 0 Å². The molecular formula is C41H27N3O. The second-order valence-electron chi connectivity index (χ2n) is 11.5. The molecule has 2 heterocycles. The molecule has 212 valence electrons. The lowest BCUT2D eigenvalue weighted by molar-refractivity contribution is 0.548. The summed E-state index contributed by atoms with van der Waals surface area (Å²) in [6.07, 6.45) is 4.08. The number of aryl methyl sites for hydroxylation is 1. The molecule has 0 saturated carbocycles. The Labute approximate surface area is 260 Å². The molecule has 6 aromatic carbocycles. The van der Waals surface area contributed by atoms with Crippen molar-refractivity contribution >= 4 is 44.2 Å². The summed E-state index contributed by atoms with van der Waals surface area (Å²) in [4.78, 5) is 15.0. The van der Waals surface area contributed by atoms with E-state index in [2.05, 4.69) is 66.7 Å². The first kappa shape index (κ1) is 25.6. The molecule has 0 spiro atoms. The lowest BCUT2D eigenvalue weighted by atomic mass is 9.86. The van der Waals surface area contributed by atoms with Crippen molar-refractivity contribution in [1.82, 2.24) is 15.0 Å². The summed E-state index contributed by atoms with van der Waals surface area (Å²) in [6, 6.07) is 46.1. The van der Waals surface area contributed by atoms with E-state index in [1.807, 2.05) is 72.8 Å². The van der Waals surface area contributed by atoms with Gasteiger partial charge in [-0.2, -0.15) is 0 Å². The fraction of sp³-hybridized carbons (Fsp3) is 0.0488. The van der Waals surface area contributed by atoms with Crippen molar-refractivity contribution in [1.29, 1.82) is 0 Å². The zero-order chi connectivity index (χ0) is 29.7. The van der Waals surface area contributed by atoms with Crippen molar-refractivity contribution in [2.24, 2.45) is 0 Å². The van der Waals surface area contributed by atoms with E-state index in [9.17, 15) is 0 Å². The van der Waals surface area contributed by atoms with Crippen molar-refractivity contribution < 1.29 is 4.42 Å². The maximum atomic E-state index is 6.51. The van der Waals surface area contributed by atoms with E-state index in [1.165, 1.54) is 32.7 Å². The van der Waals surface area contributed by atoms with Gasteiger partial charge in [-0.3, -0.25) is 0 Å². The average molecular weight is 578 g/mol. The van der Waals surface area contributed by atoms with Crippen LogP contribution in [-0.2, 0) is 6.42 Å². The molecule has 45 heavy (non-hydrogen) atoms. The van der Waals surface area contributed by atoms with Crippen LogP contribution in [0.4, 0.5) is 0 Å². The molecule has 8 aromatic rings. The standard InChI is InChI=1S/C41H27N3O/c1-3-12-26(13-4-1)39-42-40(27-14-5-2-6-15-27)44-41(43-39)33-20-11-21-37-38(33)35-25-29(22-23-36(35)45-37)34-24-28-16-7-8-17-30(28)31-18-9-10-19-32(31)34/h1-21,24-25H,22-23H2. The minimum Gasteiger partial charge on any atom is -0.460 e. The van der Waals surface area contributed by atoms with Crippen LogP contribution < -0.4 is 0 Å². The smallest absolute Gasteiger partial charge is 0.164 e. The molecule has 0 N–H and O–H groups in total. The van der Waals surface area contributed by atoms with Gasteiger partial charge in [0, 0.05) is 34.1 Å². The topological polar surface area (TPSA) is 51.8 Å². The van der Waals surface area contributed by atoms with Crippen molar-refractivity contribution in [3.63, 3.8) is 0 Å². The van der Waals surface area contributed by atoms with Crippen LogP contribution in [-0.4, -0.2) is 15.0 Å².